The number of alkyl halides is 3. The number of hydrogen-bond donors (Lipinski definition) is 1. The number of carbonyl (C=O) groups is 1. The third kappa shape index (κ3) is 4.93. The van der Waals surface area contributed by atoms with Crippen molar-refractivity contribution in [1.29, 1.82) is 0 Å². The van der Waals surface area contributed by atoms with Gasteiger partial charge in [-0.05, 0) is 30.5 Å². The van der Waals surface area contributed by atoms with Crippen LogP contribution in [0.5, 0.6) is 0 Å². The van der Waals surface area contributed by atoms with Crippen molar-refractivity contribution in [1.82, 2.24) is 15.3 Å². The zero-order valence-corrected chi connectivity index (χ0v) is 14.3. The molecule has 1 amide bonds. The van der Waals surface area contributed by atoms with Crippen LogP contribution >= 0.6 is 0 Å². The highest BCUT2D eigenvalue weighted by Gasteiger charge is 2.34. The molecule has 1 fully saturated rings. The molecule has 0 aliphatic carbocycles. The second-order valence-electron chi connectivity index (χ2n) is 6.36. The lowest BCUT2D eigenvalue weighted by Crippen LogP contribution is -2.40. The van der Waals surface area contributed by atoms with Crippen LogP contribution in [0.25, 0.3) is 0 Å². The maximum absolute atomic E-state index is 12.9. The van der Waals surface area contributed by atoms with E-state index in [1.807, 2.05) is 0 Å². The van der Waals surface area contributed by atoms with Crippen molar-refractivity contribution in [2.24, 2.45) is 5.92 Å². The van der Waals surface area contributed by atoms with E-state index in [1.54, 1.807) is 17.0 Å². The van der Waals surface area contributed by atoms with Crippen molar-refractivity contribution in [2.45, 2.75) is 25.6 Å². The molecule has 1 saturated heterocycles. The van der Waals surface area contributed by atoms with Crippen LogP contribution in [-0.2, 0) is 17.5 Å². The molecule has 0 saturated carbocycles. The van der Waals surface area contributed by atoms with Crippen molar-refractivity contribution >= 4 is 11.7 Å². The molecular formula is C18H18F4N4O. The Morgan fingerprint density at radius 2 is 1.81 bits per heavy atom. The molecule has 5 nitrogen and oxygen atoms in total. The largest absolute Gasteiger partial charge is 0.433 e. The van der Waals surface area contributed by atoms with Crippen molar-refractivity contribution in [3.05, 3.63) is 53.7 Å². The number of halogens is 4. The Kier molecular flexibility index (Phi) is 5.57. The van der Waals surface area contributed by atoms with Gasteiger partial charge in [-0.15, -0.1) is 0 Å². The zero-order valence-electron chi connectivity index (χ0n) is 14.3. The van der Waals surface area contributed by atoms with Crippen LogP contribution in [-0.4, -0.2) is 29.0 Å². The Morgan fingerprint density at radius 1 is 1.15 bits per heavy atom. The van der Waals surface area contributed by atoms with Gasteiger partial charge in [0, 0.05) is 31.6 Å². The third-order valence-electron chi connectivity index (χ3n) is 4.51. The zero-order chi connectivity index (χ0) is 19.4. The molecule has 1 aliphatic rings. The van der Waals surface area contributed by atoms with E-state index in [0.717, 1.165) is 18.0 Å². The van der Waals surface area contributed by atoms with Gasteiger partial charge in [0.1, 0.15) is 23.7 Å². The Hall–Kier alpha value is -2.71. The number of nitrogens with one attached hydrogen (secondary N) is 1. The van der Waals surface area contributed by atoms with Crippen LogP contribution in [0.2, 0.25) is 0 Å². The SMILES string of the molecule is O=C(NCc1ccc(F)cc1)C1CCN(c2cc(C(F)(F)F)ncn2)CC1. The molecule has 1 aromatic carbocycles. The Balaban J connectivity index is 1.52. The van der Waals surface area contributed by atoms with Crippen LogP contribution in [0.15, 0.2) is 36.7 Å². The number of amides is 1. The van der Waals surface area contributed by atoms with E-state index in [4.69, 9.17) is 0 Å². The highest BCUT2D eigenvalue weighted by Crippen LogP contribution is 2.30. The summed E-state index contributed by atoms with van der Waals surface area (Å²) in [4.78, 5) is 21.2. The quantitative estimate of drug-likeness (QED) is 0.826. The van der Waals surface area contributed by atoms with E-state index in [0.29, 0.717) is 32.5 Å². The minimum absolute atomic E-state index is 0.113. The Labute approximate surface area is 153 Å². The van der Waals surface area contributed by atoms with Gasteiger partial charge in [-0.2, -0.15) is 13.2 Å². The van der Waals surface area contributed by atoms with Gasteiger partial charge in [-0.25, -0.2) is 14.4 Å². The molecule has 27 heavy (non-hydrogen) atoms. The summed E-state index contributed by atoms with van der Waals surface area (Å²) in [6.07, 6.45) is -2.59. The van der Waals surface area contributed by atoms with Crippen LogP contribution in [0, 0.1) is 11.7 Å². The maximum Gasteiger partial charge on any atom is 0.433 e. The van der Waals surface area contributed by atoms with Crippen molar-refractivity contribution in [3.8, 4) is 0 Å². The lowest BCUT2D eigenvalue weighted by molar-refractivity contribution is -0.141. The summed E-state index contributed by atoms with van der Waals surface area (Å²) in [6.45, 7) is 1.17. The van der Waals surface area contributed by atoms with E-state index in [1.165, 1.54) is 12.1 Å². The number of piperidine rings is 1. The first-order valence-corrected chi connectivity index (χ1v) is 8.49. The average Bonchev–Trinajstić information content (AvgIpc) is 2.67. The van der Waals surface area contributed by atoms with Crippen LogP contribution in [0.3, 0.4) is 0 Å². The molecule has 1 N–H and O–H groups in total. The van der Waals surface area contributed by atoms with Gasteiger partial charge < -0.3 is 10.2 Å². The smallest absolute Gasteiger partial charge is 0.356 e. The summed E-state index contributed by atoms with van der Waals surface area (Å²) in [6, 6.07) is 6.79. The van der Waals surface area contributed by atoms with Gasteiger partial charge in [0.15, 0.2) is 0 Å². The summed E-state index contributed by atoms with van der Waals surface area (Å²) >= 11 is 0. The second kappa shape index (κ2) is 7.89. The summed E-state index contributed by atoms with van der Waals surface area (Å²) in [7, 11) is 0. The highest BCUT2D eigenvalue weighted by molar-refractivity contribution is 5.79. The summed E-state index contributed by atoms with van der Waals surface area (Å²) in [5, 5.41) is 2.82. The van der Waals surface area contributed by atoms with E-state index < -0.39 is 11.9 Å². The number of anilines is 1. The first-order chi connectivity index (χ1) is 12.8. The van der Waals surface area contributed by atoms with E-state index in [9.17, 15) is 22.4 Å². The van der Waals surface area contributed by atoms with Gasteiger partial charge in [0.2, 0.25) is 5.91 Å². The summed E-state index contributed by atoms with van der Waals surface area (Å²) < 4.78 is 51.2. The van der Waals surface area contributed by atoms with Gasteiger partial charge in [0.25, 0.3) is 0 Å². The summed E-state index contributed by atoms with van der Waals surface area (Å²) in [5.74, 6) is -0.457. The van der Waals surface area contributed by atoms with Crippen molar-refractivity contribution < 1.29 is 22.4 Å². The molecule has 0 spiro atoms. The normalized spacial score (nSPS) is 15.6. The minimum atomic E-state index is -4.52. The Morgan fingerprint density at radius 3 is 2.44 bits per heavy atom. The monoisotopic (exact) mass is 382 g/mol. The van der Waals surface area contributed by atoms with Gasteiger partial charge >= 0.3 is 6.18 Å². The van der Waals surface area contributed by atoms with Crippen LogP contribution in [0.1, 0.15) is 24.1 Å². The lowest BCUT2D eigenvalue weighted by Gasteiger charge is -2.32. The average molecular weight is 382 g/mol. The van der Waals surface area contributed by atoms with E-state index in [2.05, 4.69) is 15.3 Å². The van der Waals surface area contributed by atoms with Crippen LogP contribution in [0.4, 0.5) is 23.4 Å². The fourth-order valence-corrected chi connectivity index (χ4v) is 2.98. The molecule has 0 bridgehead atoms. The van der Waals surface area contributed by atoms with E-state index in [-0.39, 0.29) is 23.5 Å². The fourth-order valence-electron chi connectivity index (χ4n) is 2.98. The lowest BCUT2D eigenvalue weighted by atomic mass is 9.95. The minimum Gasteiger partial charge on any atom is -0.356 e. The highest BCUT2D eigenvalue weighted by atomic mass is 19.4. The molecular weight excluding hydrogens is 364 g/mol. The number of nitrogens with zero attached hydrogens (tertiary/aromatic N) is 3. The molecule has 1 aromatic heterocycles. The van der Waals surface area contributed by atoms with Gasteiger partial charge in [-0.1, -0.05) is 12.1 Å². The first-order valence-electron chi connectivity index (χ1n) is 8.49. The molecule has 2 aromatic rings. The Bertz CT molecular complexity index is 787. The molecule has 1 aliphatic heterocycles. The number of aromatic nitrogens is 2. The number of benzene rings is 1. The molecule has 0 unspecified atom stereocenters. The van der Waals surface area contributed by atoms with Crippen molar-refractivity contribution in [3.63, 3.8) is 0 Å². The summed E-state index contributed by atoms with van der Waals surface area (Å²) in [5.41, 5.74) is -0.186. The second-order valence-corrected chi connectivity index (χ2v) is 6.36. The molecule has 3 rings (SSSR count). The molecule has 0 radical (unpaired) electrons. The number of carbonyl (C=O) groups excluding carboxylic acids is 1. The van der Waals surface area contributed by atoms with Gasteiger partial charge in [0.05, 0.1) is 0 Å². The molecule has 2 heterocycles. The maximum atomic E-state index is 12.9. The molecule has 0 atom stereocenters. The fraction of sp³-hybridized carbons (Fsp3) is 0.389. The standard InChI is InChI=1S/C18H18F4N4O/c19-14-3-1-12(2-4-14)10-23-17(27)13-5-7-26(8-6-13)16-9-15(18(20,21)22)24-11-25-16/h1-4,9,11,13H,5-8,10H2,(H,23,27). The van der Waals surface area contributed by atoms with Crippen molar-refractivity contribution in [2.75, 3.05) is 18.0 Å². The predicted octanol–water partition coefficient (Wildman–Crippen LogP) is 3.17. The molecule has 144 valence electrons. The number of rotatable bonds is 4. The van der Waals surface area contributed by atoms with E-state index >= 15 is 0 Å². The molecule has 9 heteroatoms. The van der Waals surface area contributed by atoms with Gasteiger partial charge in [-0.3, -0.25) is 4.79 Å². The predicted molar refractivity (Wildman–Crippen MR) is 90.2 cm³/mol. The number of hydrogen-bond acceptors (Lipinski definition) is 4. The first kappa shape index (κ1) is 19.1. The third-order valence-corrected chi connectivity index (χ3v) is 4.51. The topological polar surface area (TPSA) is 58.1 Å². The van der Waals surface area contributed by atoms with Crippen LogP contribution < -0.4 is 10.2 Å².